The number of thiophene rings is 1. The zero-order chi connectivity index (χ0) is 15.5. The van der Waals surface area contributed by atoms with Crippen molar-refractivity contribution >= 4 is 23.1 Å². The van der Waals surface area contributed by atoms with Gasteiger partial charge in [0.25, 0.3) is 0 Å². The lowest BCUT2D eigenvalue weighted by Crippen LogP contribution is -2.25. The first-order valence-electron chi connectivity index (χ1n) is 7.66. The molecule has 4 nitrogen and oxygen atoms in total. The molecule has 0 spiro atoms. The number of hydrogen-bond acceptors (Lipinski definition) is 4. The van der Waals surface area contributed by atoms with Crippen LogP contribution in [0.1, 0.15) is 53.2 Å². The summed E-state index contributed by atoms with van der Waals surface area (Å²) in [5.41, 5.74) is 1.58. The van der Waals surface area contributed by atoms with Gasteiger partial charge in [-0.1, -0.05) is 13.0 Å². The highest BCUT2D eigenvalue weighted by atomic mass is 32.1. The van der Waals surface area contributed by atoms with Crippen molar-refractivity contribution in [1.29, 1.82) is 0 Å². The van der Waals surface area contributed by atoms with Crippen LogP contribution in [0.2, 0.25) is 0 Å². The Morgan fingerprint density at radius 2 is 2.23 bits per heavy atom. The third-order valence-corrected chi connectivity index (χ3v) is 4.83. The van der Waals surface area contributed by atoms with Crippen LogP contribution < -0.4 is 0 Å². The molecule has 0 fully saturated rings. The first-order valence-corrected chi connectivity index (χ1v) is 8.54. The Labute approximate surface area is 133 Å². The molecular formula is C17H19NO3S. The van der Waals surface area contributed by atoms with Crippen LogP contribution in [0.15, 0.2) is 29.6 Å². The zero-order valence-electron chi connectivity index (χ0n) is 12.6. The summed E-state index contributed by atoms with van der Waals surface area (Å²) < 4.78 is 7.28. The summed E-state index contributed by atoms with van der Waals surface area (Å²) in [6, 6.07) is 7.45. The number of nitrogens with zero attached hydrogens (tertiary/aromatic N) is 1. The predicted octanol–water partition coefficient (Wildman–Crippen LogP) is 3.61. The molecular weight excluding hydrogens is 298 g/mol. The van der Waals surface area contributed by atoms with Gasteiger partial charge in [-0.05, 0) is 42.8 Å². The monoisotopic (exact) mass is 317 g/mol. The second kappa shape index (κ2) is 6.48. The largest absolute Gasteiger partial charge is 0.465 e. The van der Waals surface area contributed by atoms with E-state index >= 15 is 0 Å². The van der Waals surface area contributed by atoms with Crippen LogP contribution in [0.25, 0.3) is 0 Å². The van der Waals surface area contributed by atoms with Crippen LogP contribution >= 0.6 is 11.3 Å². The fourth-order valence-electron chi connectivity index (χ4n) is 2.91. The van der Waals surface area contributed by atoms with E-state index in [0.717, 1.165) is 36.4 Å². The van der Waals surface area contributed by atoms with E-state index in [1.165, 1.54) is 11.3 Å². The number of aromatic nitrogens is 1. The molecule has 2 aromatic heterocycles. The standard InChI is InChI=1S/C17H19NO3S/c1-2-10-21-17(20)12-5-3-9-18-13(12)7-8-14(18)16(19)15-6-4-11-22-15/h4,6-8,11-12H,2-3,5,9-10H2,1H3. The quantitative estimate of drug-likeness (QED) is 0.625. The molecule has 0 N–H and O–H groups in total. The van der Waals surface area contributed by atoms with E-state index in [0.29, 0.717) is 12.3 Å². The van der Waals surface area contributed by atoms with Crippen LogP contribution in [-0.4, -0.2) is 22.9 Å². The molecule has 1 aliphatic heterocycles. The maximum Gasteiger partial charge on any atom is 0.314 e. The molecule has 22 heavy (non-hydrogen) atoms. The number of ether oxygens (including phenoxy) is 1. The van der Waals surface area contributed by atoms with E-state index in [2.05, 4.69) is 0 Å². The van der Waals surface area contributed by atoms with Crippen LogP contribution in [-0.2, 0) is 16.1 Å². The number of ketones is 1. The zero-order valence-corrected chi connectivity index (χ0v) is 13.4. The van der Waals surface area contributed by atoms with E-state index in [4.69, 9.17) is 4.74 Å². The number of fused-ring (bicyclic) bond motifs is 1. The summed E-state index contributed by atoms with van der Waals surface area (Å²) in [5.74, 6) is -0.384. The summed E-state index contributed by atoms with van der Waals surface area (Å²) in [7, 11) is 0. The highest BCUT2D eigenvalue weighted by Gasteiger charge is 2.30. The number of rotatable bonds is 5. The van der Waals surface area contributed by atoms with E-state index in [-0.39, 0.29) is 17.7 Å². The number of carbonyl (C=O) groups excluding carboxylic acids is 2. The van der Waals surface area contributed by atoms with Gasteiger partial charge in [-0.15, -0.1) is 11.3 Å². The Morgan fingerprint density at radius 1 is 1.36 bits per heavy atom. The highest BCUT2D eigenvalue weighted by molar-refractivity contribution is 7.12. The number of carbonyl (C=O) groups is 2. The van der Waals surface area contributed by atoms with Crippen LogP contribution in [0.4, 0.5) is 0 Å². The van der Waals surface area contributed by atoms with E-state index < -0.39 is 0 Å². The molecule has 0 radical (unpaired) electrons. The smallest absolute Gasteiger partial charge is 0.314 e. The minimum absolute atomic E-state index is 0.0313. The molecule has 3 heterocycles. The molecule has 0 saturated heterocycles. The topological polar surface area (TPSA) is 48.3 Å². The Morgan fingerprint density at radius 3 is 2.95 bits per heavy atom. The second-order valence-corrected chi connectivity index (χ2v) is 6.41. The lowest BCUT2D eigenvalue weighted by atomic mass is 9.96. The van der Waals surface area contributed by atoms with Crippen LogP contribution in [0.5, 0.6) is 0 Å². The van der Waals surface area contributed by atoms with Gasteiger partial charge < -0.3 is 9.30 Å². The van der Waals surface area contributed by atoms with Gasteiger partial charge in [0.1, 0.15) is 0 Å². The molecule has 116 valence electrons. The molecule has 2 aromatic rings. The van der Waals surface area contributed by atoms with E-state index in [9.17, 15) is 9.59 Å². The van der Waals surface area contributed by atoms with Gasteiger partial charge in [-0.25, -0.2) is 0 Å². The van der Waals surface area contributed by atoms with Gasteiger partial charge in [0, 0.05) is 12.2 Å². The SMILES string of the molecule is CCCOC(=O)C1CCCn2c(C(=O)c3cccs3)ccc21. The Kier molecular flexibility index (Phi) is 4.43. The van der Waals surface area contributed by atoms with Gasteiger partial charge >= 0.3 is 5.97 Å². The fourth-order valence-corrected chi connectivity index (χ4v) is 3.59. The van der Waals surface area contributed by atoms with Crippen molar-refractivity contribution in [3.05, 3.63) is 45.9 Å². The van der Waals surface area contributed by atoms with Gasteiger partial charge in [0.2, 0.25) is 5.78 Å². The summed E-state index contributed by atoms with van der Waals surface area (Å²) in [6.45, 7) is 3.22. The van der Waals surface area contributed by atoms with Gasteiger partial charge in [-0.3, -0.25) is 9.59 Å². The van der Waals surface area contributed by atoms with Crippen molar-refractivity contribution in [2.24, 2.45) is 0 Å². The average molecular weight is 317 g/mol. The summed E-state index contributed by atoms with van der Waals surface area (Å²) in [5, 5.41) is 1.90. The average Bonchev–Trinajstić information content (AvgIpc) is 3.20. The van der Waals surface area contributed by atoms with Crippen molar-refractivity contribution in [3.8, 4) is 0 Å². The lowest BCUT2D eigenvalue weighted by molar-refractivity contribution is -0.146. The molecule has 0 aromatic carbocycles. The molecule has 1 atom stereocenters. The normalized spacial score (nSPS) is 17.0. The second-order valence-electron chi connectivity index (χ2n) is 5.46. The van der Waals surface area contributed by atoms with Crippen molar-refractivity contribution < 1.29 is 14.3 Å². The van der Waals surface area contributed by atoms with Gasteiger partial charge in [0.15, 0.2) is 0 Å². The summed E-state index contributed by atoms with van der Waals surface area (Å²) >= 11 is 1.44. The third-order valence-electron chi connectivity index (χ3n) is 3.96. The fraction of sp³-hybridized carbons (Fsp3) is 0.412. The molecule has 1 unspecified atom stereocenters. The van der Waals surface area contributed by atoms with Gasteiger partial charge in [0.05, 0.1) is 23.1 Å². The molecule has 0 amide bonds. The van der Waals surface area contributed by atoms with Crippen molar-refractivity contribution in [2.75, 3.05) is 6.61 Å². The van der Waals surface area contributed by atoms with E-state index in [1.807, 2.05) is 41.1 Å². The molecule has 5 heteroatoms. The van der Waals surface area contributed by atoms with Crippen molar-refractivity contribution in [2.45, 2.75) is 38.6 Å². The minimum atomic E-state index is -0.245. The van der Waals surface area contributed by atoms with Crippen LogP contribution in [0, 0.1) is 0 Å². The third kappa shape index (κ3) is 2.73. The van der Waals surface area contributed by atoms with Crippen molar-refractivity contribution in [3.63, 3.8) is 0 Å². The lowest BCUT2D eigenvalue weighted by Gasteiger charge is -2.24. The molecule has 1 aliphatic rings. The first kappa shape index (κ1) is 15.0. The maximum atomic E-state index is 12.6. The maximum absolute atomic E-state index is 12.6. The highest BCUT2D eigenvalue weighted by Crippen LogP contribution is 2.31. The van der Waals surface area contributed by atoms with Crippen molar-refractivity contribution in [1.82, 2.24) is 4.57 Å². The Bertz CT molecular complexity index is 672. The molecule has 0 bridgehead atoms. The molecule has 0 saturated carbocycles. The Balaban J connectivity index is 1.87. The Hall–Kier alpha value is -1.88. The predicted molar refractivity (Wildman–Crippen MR) is 85.4 cm³/mol. The molecule has 0 aliphatic carbocycles. The van der Waals surface area contributed by atoms with Gasteiger partial charge in [-0.2, -0.15) is 0 Å². The van der Waals surface area contributed by atoms with Crippen LogP contribution in [0.3, 0.4) is 0 Å². The number of hydrogen-bond donors (Lipinski definition) is 0. The molecule has 3 rings (SSSR count). The summed E-state index contributed by atoms with van der Waals surface area (Å²) in [4.78, 5) is 25.5. The number of esters is 1. The van der Waals surface area contributed by atoms with E-state index in [1.54, 1.807) is 0 Å². The first-order chi connectivity index (χ1) is 10.7. The minimum Gasteiger partial charge on any atom is -0.465 e. The summed E-state index contributed by atoms with van der Waals surface area (Å²) in [6.07, 6.45) is 2.50.